The second kappa shape index (κ2) is 9.28. The summed E-state index contributed by atoms with van der Waals surface area (Å²) in [6.45, 7) is 2.09. The van der Waals surface area contributed by atoms with Crippen molar-refractivity contribution in [3.05, 3.63) is 100 Å². The van der Waals surface area contributed by atoms with Crippen molar-refractivity contribution in [2.75, 3.05) is 19.6 Å². The van der Waals surface area contributed by atoms with Gasteiger partial charge in [0.25, 0.3) is 0 Å². The number of carbonyl (C=O) groups is 1. The maximum absolute atomic E-state index is 15.8. The molecule has 186 valence electrons. The molecule has 2 aliphatic heterocycles. The quantitative estimate of drug-likeness (QED) is 0.372. The van der Waals surface area contributed by atoms with Crippen molar-refractivity contribution in [1.82, 2.24) is 15.2 Å². The van der Waals surface area contributed by atoms with E-state index in [9.17, 15) is 4.79 Å². The number of halogens is 2. The number of likely N-dealkylation sites (tertiary alicyclic amines) is 1. The van der Waals surface area contributed by atoms with E-state index in [4.69, 9.17) is 16.6 Å². The summed E-state index contributed by atoms with van der Waals surface area (Å²) < 4.78 is 15.8. The lowest BCUT2D eigenvalue weighted by Gasteiger charge is -2.56. The van der Waals surface area contributed by atoms with E-state index in [1.54, 1.807) is 6.07 Å². The Hall–Kier alpha value is -2.76. The first-order valence-electron chi connectivity index (χ1n) is 13.0. The van der Waals surface area contributed by atoms with Crippen LogP contribution in [-0.4, -0.2) is 35.9 Å². The Morgan fingerprint density at radius 3 is 2.67 bits per heavy atom. The number of nitrogens with one attached hydrogen (secondary N) is 1. The number of pyridine rings is 1. The number of hydrogen-bond acceptors (Lipinski definition) is 3. The van der Waals surface area contributed by atoms with Crippen molar-refractivity contribution >= 4 is 18.0 Å². The standard InChI is InChI=1S/C30H31ClFN3O/c31-28-13-12-24-26(34-28)11-6-15-29(24)19-33-18-27(29)30(23-9-4-5-10-25(23)32)17-22(14-16-35(30)20-36)21-7-2-1-3-8-21/h1-5,7-10,12-13,20,22,27,33H,6,11,14-19H2. The summed E-state index contributed by atoms with van der Waals surface area (Å²) in [4.78, 5) is 19.4. The molecule has 4 atom stereocenters. The van der Waals surface area contributed by atoms with Crippen LogP contribution in [0.15, 0.2) is 66.7 Å². The lowest BCUT2D eigenvalue weighted by molar-refractivity contribution is -0.132. The highest BCUT2D eigenvalue weighted by atomic mass is 35.5. The summed E-state index contributed by atoms with van der Waals surface area (Å²) in [5.74, 6) is -0.0305. The first kappa shape index (κ1) is 23.6. The van der Waals surface area contributed by atoms with Crippen LogP contribution >= 0.6 is 11.6 Å². The monoisotopic (exact) mass is 503 g/mol. The molecular weight excluding hydrogens is 473 g/mol. The number of aryl methyl sites for hydroxylation is 1. The summed E-state index contributed by atoms with van der Waals surface area (Å²) in [5.41, 5.74) is 3.08. The van der Waals surface area contributed by atoms with E-state index in [0.29, 0.717) is 30.2 Å². The van der Waals surface area contributed by atoms with E-state index in [2.05, 4.69) is 35.6 Å². The molecule has 0 bridgehead atoms. The number of rotatable bonds is 4. The summed E-state index contributed by atoms with van der Waals surface area (Å²) in [6, 6.07) is 21.6. The molecule has 1 spiro atoms. The normalized spacial score (nSPS) is 29.8. The molecular formula is C30H31ClFN3O. The minimum absolute atomic E-state index is 0.0133. The fraction of sp³-hybridized carbons (Fsp3) is 0.400. The van der Waals surface area contributed by atoms with Crippen molar-refractivity contribution < 1.29 is 9.18 Å². The van der Waals surface area contributed by atoms with Gasteiger partial charge in [-0.3, -0.25) is 4.79 Å². The van der Waals surface area contributed by atoms with E-state index in [1.165, 1.54) is 17.2 Å². The number of nitrogens with zero attached hydrogens (tertiary/aromatic N) is 2. The van der Waals surface area contributed by atoms with Crippen LogP contribution in [0.4, 0.5) is 4.39 Å². The van der Waals surface area contributed by atoms with Gasteiger partial charge in [-0.1, -0.05) is 66.2 Å². The Balaban J connectivity index is 1.57. The smallest absolute Gasteiger partial charge is 0.210 e. The molecule has 4 nitrogen and oxygen atoms in total. The average Bonchev–Trinajstić information content (AvgIpc) is 3.33. The van der Waals surface area contributed by atoms with Gasteiger partial charge in [0, 0.05) is 42.2 Å². The zero-order valence-electron chi connectivity index (χ0n) is 20.3. The predicted octanol–water partition coefficient (Wildman–Crippen LogP) is 5.60. The third kappa shape index (κ3) is 3.59. The number of aromatic nitrogens is 1. The van der Waals surface area contributed by atoms with Gasteiger partial charge >= 0.3 is 0 Å². The van der Waals surface area contributed by atoms with Gasteiger partial charge in [0.2, 0.25) is 6.41 Å². The molecule has 3 heterocycles. The van der Waals surface area contributed by atoms with Crippen molar-refractivity contribution in [2.24, 2.45) is 5.92 Å². The van der Waals surface area contributed by atoms with Crippen molar-refractivity contribution in [3.63, 3.8) is 0 Å². The predicted molar refractivity (Wildman–Crippen MR) is 139 cm³/mol. The summed E-state index contributed by atoms with van der Waals surface area (Å²) in [6.07, 6.45) is 5.36. The summed E-state index contributed by atoms with van der Waals surface area (Å²) in [7, 11) is 0. The Morgan fingerprint density at radius 2 is 1.86 bits per heavy atom. The van der Waals surface area contributed by atoms with Crippen LogP contribution in [-0.2, 0) is 22.2 Å². The topological polar surface area (TPSA) is 45.2 Å². The molecule has 6 heteroatoms. The molecule has 2 saturated heterocycles. The molecule has 1 aromatic heterocycles. The molecule has 2 fully saturated rings. The van der Waals surface area contributed by atoms with Crippen molar-refractivity contribution in [2.45, 2.75) is 49.0 Å². The van der Waals surface area contributed by atoms with Crippen LogP contribution in [0, 0.1) is 11.7 Å². The molecule has 2 aromatic carbocycles. The van der Waals surface area contributed by atoms with Gasteiger partial charge in [-0.25, -0.2) is 9.37 Å². The molecule has 4 unspecified atom stereocenters. The average molecular weight is 504 g/mol. The Labute approximate surface area is 216 Å². The fourth-order valence-corrected chi connectivity index (χ4v) is 7.77. The van der Waals surface area contributed by atoms with E-state index in [-0.39, 0.29) is 23.1 Å². The van der Waals surface area contributed by atoms with Crippen LogP contribution < -0.4 is 5.32 Å². The number of amides is 1. The van der Waals surface area contributed by atoms with E-state index in [1.807, 2.05) is 29.2 Å². The lowest BCUT2D eigenvalue weighted by atomic mass is 9.55. The van der Waals surface area contributed by atoms with Gasteiger partial charge < -0.3 is 10.2 Å². The van der Waals surface area contributed by atoms with E-state index in [0.717, 1.165) is 44.3 Å². The first-order chi connectivity index (χ1) is 17.6. The van der Waals surface area contributed by atoms with Crippen LogP contribution in [0.25, 0.3) is 0 Å². The molecule has 3 aromatic rings. The highest BCUT2D eigenvalue weighted by molar-refractivity contribution is 6.29. The largest absolute Gasteiger partial charge is 0.335 e. The number of benzene rings is 2. The molecule has 1 aliphatic carbocycles. The van der Waals surface area contributed by atoms with Gasteiger partial charge in [0.05, 0.1) is 5.54 Å². The highest BCUT2D eigenvalue weighted by Gasteiger charge is 2.60. The molecule has 0 radical (unpaired) electrons. The van der Waals surface area contributed by atoms with Crippen molar-refractivity contribution in [1.29, 1.82) is 0 Å². The van der Waals surface area contributed by atoms with Gasteiger partial charge in [-0.05, 0) is 61.3 Å². The number of hydrogen-bond donors (Lipinski definition) is 1. The molecule has 36 heavy (non-hydrogen) atoms. The molecule has 6 rings (SSSR count). The number of piperidine rings is 1. The maximum atomic E-state index is 15.8. The van der Waals surface area contributed by atoms with E-state index < -0.39 is 5.54 Å². The minimum Gasteiger partial charge on any atom is -0.335 e. The maximum Gasteiger partial charge on any atom is 0.210 e. The van der Waals surface area contributed by atoms with Gasteiger partial charge in [0.1, 0.15) is 11.0 Å². The Bertz CT molecular complexity index is 1270. The third-order valence-electron chi connectivity index (χ3n) is 9.07. The van der Waals surface area contributed by atoms with Crippen LogP contribution in [0.2, 0.25) is 5.15 Å². The van der Waals surface area contributed by atoms with Gasteiger partial charge in [-0.2, -0.15) is 0 Å². The highest BCUT2D eigenvalue weighted by Crippen LogP contribution is 2.58. The Morgan fingerprint density at radius 1 is 1.06 bits per heavy atom. The van der Waals surface area contributed by atoms with E-state index >= 15 is 4.39 Å². The van der Waals surface area contributed by atoms with Gasteiger partial charge in [-0.15, -0.1) is 0 Å². The fourth-order valence-electron chi connectivity index (χ4n) is 7.61. The number of fused-ring (bicyclic) bond motifs is 2. The SMILES string of the molecule is O=CN1CCC(c2ccccc2)CC1(c1ccccc1F)C1CNCC12CCCc1nc(Cl)ccc12. The summed E-state index contributed by atoms with van der Waals surface area (Å²) in [5, 5.41) is 4.18. The zero-order valence-corrected chi connectivity index (χ0v) is 21.1. The second-order valence-corrected chi connectivity index (χ2v) is 11.0. The molecule has 1 N–H and O–H groups in total. The minimum atomic E-state index is -0.788. The summed E-state index contributed by atoms with van der Waals surface area (Å²) >= 11 is 6.30. The van der Waals surface area contributed by atoms with Crippen LogP contribution in [0.5, 0.6) is 0 Å². The van der Waals surface area contributed by atoms with Crippen molar-refractivity contribution in [3.8, 4) is 0 Å². The molecule has 0 saturated carbocycles. The number of carbonyl (C=O) groups excluding carboxylic acids is 1. The lowest BCUT2D eigenvalue weighted by Crippen LogP contribution is -2.60. The molecule has 3 aliphatic rings. The molecule has 1 amide bonds. The van der Waals surface area contributed by atoms with Crippen LogP contribution in [0.3, 0.4) is 0 Å². The van der Waals surface area contributed by atoms with Crippen LogP contribution in [0.1, 0.15) is 54.0 Å². The second-order valence-electron chi connectivity index (χ2n) is 10.6. The van der Waals surface area contributed by atoms with Gasteiger partial charge in [0.15, 0.2) is 0 Å². The zero-order chi connectivity index (χ0) is 24.8. The first-order valence-corrected chi connectivity index (χ1v) is 13.3. The Kier molecular flexibility index (Phi) is 6.09. The third-order valence-corrected chi connectivity index (χ3v) is 9.28.